The molecule has 1 atom stereocenters. The zero-order valence-electron chi connectivity index (χ0n) is 7.06. The first-order chi connectivity index (χ1) is 4.35. The SMILES string of the molecule is CCC1CC2(CC2)C[N-]1.[Li+]. The van der Waals surface area contributed by atoms with Crippen LogP contribution >= 0.6 is 0 Å². The molecule has 0 radical (unpaired) electrons. The molecule has 0 amide bonds. The summed E-state index contributed by atoms with van der Waals surface area (Å²) in [5, 5.41) is 4.57. The van der Waals surface area contributed by atoms with Gasteiger partial charge in [-0.05, 0) is 18.3 Å². The molecule has 0 aromatic carbocycles. The molecular formula is C8H14LiN. The third-order valence-electron chi connectivity index (χ3n) is 2.78. The summed E-state index contributed by atoms with van der Waals surface area (Å²) in [5.41, 5.74) is 0.751. The van der Waals surface area contributed by atoms with Crippen LogP contribution in [0.3, 0.4) is 0 Å². The van der Waals surface area contributed by atoms with Gasteiger partial charge in [0.15, 0.2) is 0 Å². The molecule has 1 saturated heterocycles. The first kappa shape index (κ1) is 8.65. The second kappa shape index (κ2) is 2.89. The van der Waals surface area contributed by atoms with Crippen molar-refractivity contribution < 1.29 is 18.9 Å². The summed E-state index contributed by atoms with van der Waals surface area (Å²) in [5.74, 6) is 0. The van der Waals surface area contributed by atoms with Gasteiger partial charge in [0.25, 0.3) is 0 Å². The van der Waals surface area contributed by atoms with Crippen molar-refractivity contribution >= 4 is 0 Å². The summed E-state index contributed by atoms with van der Waals surface area (Å²) in [6.45, 7) is 3.43. The van der Waals surface area contributed by atoms with Gasteiger partial charge in [0, 0.05) is 0 Å². The molecule has 1 saturated carbocycles. The van der Waals surface area contributed by atoms with Gasteiger partial charge >= 0.3 is 18.9 Å². The summed E-state index contributed by atoms with van der Waals surface area (Å²) in [6.07, 6.45) is 5.60. The quantitative estimate of drug-likeness (QED) is 0.419. The van der Waals surface area contributed by atoms with Crippen molar-refractivity contribution in [3.63, 3.8) is 0 Å². The molecule has 0 aromatic heterocycles. The van der Waals surface area contributed by atoms with E-state index in [1.807, 2.05) is 0 Å². The molecule has 1 unspecified atom stereocenters. The maximum Gasteiger partial charge on any atom is 1.00 e. The van der Waals surface area contributed by atoms with E-state index < -0.39 is 0 Å². The molecule has 1 spiro atoms. The molecule has 52 valence electrons. The van der Waals surface area contributed by atoms with Crippen LogP contribution in [0.5, 0.6) is 0 Å². The van der Waals surface area contributed by atoms with E-state index in [2.05, 4.69) is 12.2 Å². The fraction of sp³-hybridized carbons (Fsp3) is 1.00. The Labute approximate surface area is 75.1 Å². The number of rotatable bonds is 1. The predicted octanol–water partition coefficient (Wildman–Crippen LogP) is -0.673. The van der Waals surface area contributed by atoms with E-state index in [1.165, 1.54) is 32.2 Å². The summed E-state index contributed by atoms with van der Waals surface area (Å²) in [6, 6.07) is 0.729. The van der Waals surface area contributed by atoms with Gasteiger partial charge in [-0.15, -0.1) is 12.6 Å². The van der Waals surface area contributed by atoms with Crippen molar-refractivity contribution in [3.8, 4) is 0 Å². The van der Waals surface area contributed by atoms with Crippen LogP contribution < -0.4 is 18.9 Å². The molecule has 0 bridgehead atoms. The molecule has 2 fully saturated rings. The maximum atomic E-state index is 4.57. The van der Waals surface area contributed by atoms with Gasteiger partial charge in [-0.25, -0.2) is 0 Å². The Bertz CT molecular complexity index is 120. The zero-order valence-corrected chi connectivity index (χ0v) is 7.06. The standard InChI is InChI=1S/C8H14N.Li/c1-2-7-5-8(3-4-8)6-9-7;/h7H,2-6H2,1H3;/q-1;+1. The van der Waals surface area contributed by atoms with E-state index in [1.54, 1.807) is 0 Å². The fourth-order valence-electron chi connectivity index (χ4n) is 1.76. The van der Waals surface area contributed by atoms with Crippen molar-refractivity contribution in [2.24, 2.45) is 5.41 Å². The van der Waals surface area contributed by atoms with Gasteiger partial charge in [-0.3, -0.25) is 0 Å². The molecule has 0 N–H and O–H groups in total. The van der Waals surface area contributed by atoms with Crippen molar-refractivity contribution in [2.75, 3.05) is 6.54 Å². The molecular weight excluding hydrogens is 117 g/mol. The first-order valence-corrected chi connectivity index (χ1v) is 4.01. The van der Waals surface area contributed by atoms with Gasteiger partial charge in [-0.1, -0.05) is 19.8 Å². The normalized spacial score (nSPS) is 33.9. The second-order valence-corrected chi connectivity index (χ2v) is 3.61. The topological polar surface area (TPSA) is 14.1 Å². The Morgan fingerprint density at radius 1 is 1.50 bits per heavy atom. The van der Waals surface area contributed by atoms with E-state index in [9.17, 15) is 0 Å². The fourth-order valence-corrected chi connectivity index (χ4v) is 1.76. The Kier molecular flexibility index (Phi) is 2.50. The molecule has 1 heterocycles. The Morgan fingerprint density at radius 3 is 2.50 bits per heavy atom. The largest absolute Gasteiger partial charge is 1.00 e. The molecule has 2 aliphatic rings. The average Bonchev–Trinajstić information content (AvgIpc) is 2.44. The van der Waals surface area contributed by atoms with E-state index >= 15 is 0 Å². The smallest absolute Gasteiger partial charge is 0.659 e. The van der Waals surface area contributed by atoms with Crippen LogP contribution in [0.25, 0.3) is 5.32 Å². The minimum atomic E-state index is 0. The molecule has 0 aromatic rings. The zero-order chi connectivity index (χ0) is 6.32. The summed E-state index contributed by atoms with van der Waals surface area (Å²) >= 11 is 0. The van der Waals surface area contributed by atoms with Crippen LogP contribution in [0, 0.1) is 5.41 Å². The molecule has 1 aliphatic heterocycles. The first-order valence-electron chi connectivity index (χ1n) is 4.01. The van der Waals surface area contributed by atoms with Gasteiger partial charge in [-0.2, -0.15) is 0 Å². The monoisotopic (exact) mass is 131 g/mol. The Balaban J connectivity index is 0.000000500. The van der Waals surface area contributed by atoms with Crippen molar-refractivity contribution in [3.05, 3.63) is 5.32 Å². The van der Waals surface area contributed by atoms with Crippen LogP contribution in [0.15, 0.2) is 0 Å². The minimum Gasteiger partial charge on any atom is -0.659 e. The third-order valence-corrected chi connectivity index (χ3v) is 2.78. The molecule has 1 nitrogen and oxygen atoms in total. The van der Waals surface area contributed by atoms with Gasteiger partial charge in [0.05, 0.1) is 0 Å². The maximum absolute atomic E-state index is 4.57. The van der Waals surface area contributed by atoms with E-state index in [4.69, 9.17) is 0 Å². The number of hydrogen-bond acceptors (Lipinski definition) is 0. The molecule has 2 heteroatoms. The minimum absolute atomic E-state index is 0. The summed E-state index contributed by atoms with van der Waals surface area (Å²) < 4.78 is 0. The molecule has 2 rings (SSSR count). The van der Waals surface area contributed by atoms with Gasteiger partial charge < -0.3 is 5.32 Å². The Morgan fingerprint density at radius 2 is 2.20 bits per heavy atom. The second-order valence-electron chi connectivity index (χ2n) is 3.61. The van der Waals surface area contributed by atoms with Crippen LogP contribution in [0.4, 0.5) is 0 Å². The summed E-state index contributed by atoms with van der Waals surface area (Å²) in [4.78, 5) is 0. The van der Waals surface area contributed by atoms with Crippen LogP contribution in [0.1, 0.15) is 32.6 Å². The van der Waals surface area contributed by atoms with Gasteiger partial charge in [0.1, 0.15) is 0 Å². The van der Waals surface area contributed by atoms with Crippen molar-refractivity contribution in [1.29, 1.82) is 0 Å². The van der Waals surface area contributed by atoms with Crippen LogP contribution in [-0.2, 0) is 0 Å². The number of nitrogens with zero attached hydrogens (tertiary/aromatic N) is 1. The predicted molar refractivity (Wildman–Crippen MR) is 38.6 cm³/mol. The van der Waals surface area contributed by atoms with Crippen molar-refractivity contribution in [2.45, 2.75) is 38.6 Å². The van der Waals surface area contributed by atoms with Crippen molar-refractivity contribution in [1.82, 2.24) is 0 Å². The summed E-state index contributed by atoms with van der Waals surface area (Å²) in [7, 11) is 0. The average molecular weight is 131 g/mol. The molecule has 10 heavy (non-hydrogen) atoms. The van der Waals surface area contributed by atoms with Crippen LogP contribution in [0.2, 0.25) is 0 Å². The van der Waals surface area contributed by atoms with Crippen LogP contribution in [-0.4, -0.2) is 12.6 Å². The third kappa shape index (κ3) is 1.42. The molecule has 1 aliphatic carbocycles. The van der Waals surface area contributed by atoms with Gasteiger partial charge in [0.2, 0.25) is 0 Å². The van der Waals surface area contributed by atoms with E-state index in [0.717, 1.165) is 11.5 Å². The Hall–Kier alpha value is 0.557. The van der Waals surface area contributed by atoms with E-state index in [0.29, 0.717) is 0 Å². The number of hydrogen-bond donors (Lipinski definition) is 0. The van der Waals surface area contributed by atoms with E-state index in [-0.39, 0.29) is 18.9 Å².